The average molecular weight is 474 g/mol. The lowest BCUT2D eigenvalue weighted by molar-refractivity contribution is 0.184. The van der Waals surface area contributed by atoms with E-state index in [-0.39, 0.29) is 24.0 Å². The normalized spacial score (nSPS) is 20.9. The molecule has 2 N–H and O–H groups in total. The Kier molecular flexibility index (Phi) is 10.5. The van der Waals surface area contributed by atoms with Crippen molar-refractivity contribution in [2.75, 3.05) is 26.7 Å². The molecule has 1 saturated heterocycles. The fourth-order valence-electron chi connectivity index (χ4n) is 3.28. The van der Waals surface area contributed by atoms with Crippen molar-refractivity contribution in [3.63, 3.8) is 0 Å². The summed E-state index contributed by atoms with van der Waals surface area (Å²) in [7, 11) is 1.73. The molecule has 6 heteroatoms. The van der Waals surface area contributed by atoms with Crippen molar-refractivity contribution in [3.05, 3.63) is 35.4 Å². The number of ether oxygens (including phenoxy) is 1. The van der Waals surface area contributed by atoms with Crippen LogP contribution in [0.2, 0.25) is 0 Å². The van der Waals surface area contributed by atoms with Gasteiger partial charge in [0.15, 0.2) is 5.96 Å². The van der Waals surface area contributed by atoms with Crippen molar-refractivity contribution in [2.45, 2.75) is 52.9 Å². The molecule has 1 aromatic rings. The van der Waals surface area contributed by atoms with Gasteiger partial charge in [-0.25, -0.2) is 4.99 Å². The number of methoxy groups -OCH3 is 1. The lowest BCUT2D eigenvalue weighted by Gasteiger charge is -2.22. The summed E-state index contributed by atoms with van der Waals surface area (Å²) in [6, 6.07) is 9.37. The first-order valence-electron chi connectivity index (χ1n) is 9.39. The second-order valence-corrected chi connectivity index (χ2v) is 7.17. The number of hydrogen-bond donors (Lipinski definition) is 2. The SMILES string of the molecule is CCNC(=NCc1ccccc1COC)NC1CN(C(C)C)CC1C.I. The lowest BCUT2D eigenvalue weighted by atomic mass is 10.1. The van der Waals surface area contributed by atoms with E-state index in [1.54, 1.807) is 7.11 Å². The molecule has 2 atom stereocenters. The second kappa shape index (κ2) is 11.8. The molecule has 1 aromatic carbocycles. The molecule has 0 radical (unpaired) electrons. The second-order valence-electron chi connectivity index (χ2n) is 7.17. The third-order valence-electron chi connectivity index (χ3n) is 4.86. The molecule has 0 aromatic heterocycles. The van der Waals surface area contributed by atoms with Crippen LogP contribution < -0.4 is 10.6 Å². The van der Waals surface area contributed by atoms with Crippen molar-refractivity contribution in [3.8, 4) is 0 Å². The number of guanidine groups is 1. The van der Waals surface area contributed by atoms with Gasteiger partial charge in [0.25, 0.3) is 0 Å². The fraction of sp³-hybridized carbons (Fsp3) is 0.650. The van der Waals surface area contributed by atoms with Gasteiger partial charge in [-0.3, -0.25) is 4.90 Å². The van der Waals surface area contributed by atoms with E-state index in [2.05, 4.69) is 61.4 Å². The molecule has 2 rings (SSSR count). The molecular weight excluding hydrogens is 439 g/mol. The van der Waals surface area contributed by atoms with Gasteiger partial charge in [-0.05, 0) is 37.8 Å². The fourth-order valence-corrected chi connectivity index (χ4v) is 3.28. The molecule has 1 heterocycles. The molecule has 1 aliphatic heterocycles. The Labute approximate surface area is 176 Å². The van der Waals surface area contributed by atoms with Gasteiger partial charge in [0, 0.05) is 38.8 Å². The van der Waals surface area contributed by atoms with E-state index in [1.807, 2.05) is 6.07 Å². The summed E-state index contributed by atoms with van der Waals surface area (Å²) in [5, 5.41) is 7.02. The van der Waals surface area contributed by atoms with Crippen LogP contribution in [0, 0.1) is 5.92 Å². The van der Waals surface area contributed by atoms with Crippen LogP contribution in [-0.4, -0.2) is 49.7 Å². The molecule has 26 heavy (non-hydrogen) atoms. The molecule has 0 amide bonds. The van der Waals surface area contributed by atoms with E-state index in [9.17, 15) is 0 Å². The highest BCUT2D eigenvalue weighted by Gasteiger charge is 2.31. The molecule has 0 saturated carbocycles. The maximum absolute atomic E-state index is 5.29. The molecular formula is C20H35IN4O. The Hall–Kier alpha value is -0.860. The van der Waals surface area contributed by atoms with E-state index in [0.29, 0.717) is 31.2 Å². The van der Waals surface area contributed by atoms with Crippen LogP contribution in [0.25, 0.3) is 0 Å². The summed E-state index contributed by atoms with van der Waals surface area (Å²) in [5.74, 6) is 1.52. The Morgan fingerprint density at radius 2 is 1.96 bits per heavy atom. The van der Waals surface area contributed by atoms with Crippen LogP contribution in [0.3, 0.4) is 0 Å². The quantitative estimate of drug-likeness (QED) is 0.362. The molecule has 1 fully saturated rings. The van der Waals surface area contributed by atoms with Gasteiger partial charge in [0.05, 0.1) is 13.2 Å². The predicted molar refractivity (Wildman–Crippen MR) is 120 cm³/mol. The summed E-state index contributed by atoms with van der Waals surface area (Å²) in [6.45, 7) is 13.3. The largest absolute Gasteiger partial charge is 0.380 e. The maximum Gasteiger partial charge on any atom is 0.191 e. The van der Waals surface area contributed by atoms with Crippen LogP contribution in [0.1, 0.15) is 38.8 Å². The van der Waals surface area contributed by atoms with Crippen LogP contribution in [0.4, 0.5) is 0 Å². The summed E-state index contributed by atoms with van der Waals surface area (Å²) in [6.07, 6.45) is 0. The molecule has 5 nitrogen and oxygen atoms in total. The predicted octanol–water partition coefficient (Wildman–Crippen LogP) is 3.23. The maximum atomic E-state index is 5.29. The minimum atomic E-state index is 0. The van der Waals surface area contributed by atoms with Gasteiger partial charge < -0.3 is 15.4 Å². The monoisotopic (exact) mass is 474 g/mol. The van der Waals surface area contributed by atoms with Gasteiger partial charge in [-0.15, -0.1) is 24.0 Å². The van der Waals surface area contributed by atoms with Crippen LogP contribution in [0.5, 0.6) is 0 Å². The van der Waals surface area contributed by atoms with Crippen LogP contribution in [0.15, 0.2) is 29.3 Å². The minimum absolute atomic E-state index is 0. The number of nitrogens with one attached hydrogen (secondary N) is 2. The molecule has 0 aliphatic carbocycles. The summed E-state index contributed by atoms with van der Waals surface area (Å²) in [5.41, 5.74) is 2.41. The zero-order chi connectivity index (χ0) is 18.2. The van der Waals surface area contributed by atoms with E-state index >= 15 is 0 Å². The highest BCUT2D eigenvalue weighted by atomic mass is 127. The van der Waals surface area contributed by atoms with Crippen LogP contribution >= 0.6 is 24.0 Å². The number of hydrogen-bond acceptors (Lipinski definition) is 3. The van der Waals surface area contributed by atoms with Crippen molar-refractivity contribution < 1.29 is 4.74 Å². The van der Waals surface area contributed by atoms with Gasteiger partial charge in [-0.1, -0.05) is 31.2 Å². The molecule has 0 spiro atoms. The smallest absolute Gasteiger partial charge is 0.191 e. The highest BCUT2D eigenvalue weighted by Crippen LogP contribution is 2.18. The van der Waals surface area contributed by atoms with Gasteiger partial charge in [0.2, 0.25) is 0 Å². The Morgan fingerprint density at radius 3 is 2.54 bits per heavy atom. The number of halogens is 1. The van der Waals surface area contributed by atoms with Crippen molar-refractivity contribution in [2.24, 2.45) is 10.9 Å². The minimum Gasteiger partial charge on any atom is -0.380 e. The van der Waals surface area contributed by atoms with Crippen molar-refractivity contribution in [1.29, 1.82) is 0 Å². The first-order valence-corrected chi connectivity index (χ1v) is 9.39. The summed E-state index contributed by atoms with van der Waals surface area (Å²) >= 11 is 0. The Bertz CT molecular complexity index is 564. The Balaban J connectivity index is 0.00000338. The number of benzene rings is 1. The van der Waals surface area contributed by atoms with E-state index in [0.717, 1.165) is 25.6 Å². The lowest BCUT2D eigenvalue weighted by Crippen LogP contribution is -2.46. The third kappa shape index (κ3) is 6.70. The van der Waals surface area contributed by atoms with Gasteiger partial charge in [0.1, 0.15) is 0 Å². The Morgan fingerprint density at radius 1 is 1.27 bits per heavy atom. The number of rotatable bonds is 7. The molecule has 2 unspecified atom stereocenters. The number of likely N-dealkylation sites (tertiary alicyclic amines) is 1. The van der Waals surface area contributed by atoms with Crippen LogP contribution in [-0.2, 0) is 17.9 Å². The first kappa shape index (κ1) is 23.2. The first-order chi connectivity index (χ1) is 12.0. The zero-order valence-corrected chi connectivity index (χ0v) is 19.1. The van der Waals surface area contributed by atoms with Crippen molar-refractivity contribution in [1.82, 2.24) is 15.5 Å². The molecule has 0 bridgehead atoms. The average Bonchev–Trinajstić information content (AvgIpc) is 2.95. The van der Waals surface area contributed by atoms with Crippen molar-refractivity contribution >= 4 is 29.9 Å². The summed E-state index contributed by atoms with van der Waals surface area (Å²) < 4.78 is 5.29. The van der Waals surface area contributed by atoms with Gasteiger partial charge in [-0.2, -0.15) is 0 Å². The van der Waals surface area contributed by atoms with E-state index < -0.39 is 0 Å². The van der Waals surface area contributed by atoms with Gasteiger partial charge >= 0.3 is 0 Å². The number of aliphatic imine (C=N–C) groups is 1. The third-order valence-corrected chi connectivity index (χ3v) is 4.86. The standard InChI is InChI=1S/C20H34N4O.HI/c1-6-21-20(23-19-13-24(15(2)3)12-16(19)4)22-11-17-9-7-8-10-18(17)14-25-5;/h7-10,15-16,19H,6,11-14H2,1-5H3,(H2,21,22,23);1H. The van der Waals surface area contributed by atoms with E-state index in [4.69, 9.17) is 9.73 Å². The summed E-state index contributed by atoms with van der Waals surface area (Å²) in [4.78, 5) is 7.34. The van der Waals surface area contributed by atoms with E-state index in [1.165, 1.54) is 11.1 Å². The highest BCUT2D eigenvalue weighted by molar-refractivity contribution is 14.0. The molecule has 1 aliphatic rings. The number of nitrogens with zero attached hydrogens (tertiary/aromatic N) is 2. The topological polar surface area (TPSA) is 48.9 Å². The zero-order valence-electron chi connectivity index (χ0n) is 16.8. The molecule has 148 valence electrons.